The van der Waals surface area contributed by atoms with Crippen LogP contribution in [0.1, 0.15) is 33.3 Å². The molecule has 0 spiro atoms. The number of aromatic nitrogens is 3. The Labute approximate surface area is 248 Å². The first-order valence-electron chi connectivity index (χ1n) is 11.8. The summed E-state index contributed by atoms with van der Waals surface area (Å²) in [5.41, 5.74) is 4.61. The molecule has 3 aromatic carbocycles. The lowest BCUT2D eigenvalue weighted by Gasteiger charge is -2.18. The first-order valence-corrected chi connectivity index (χ1v) is 14.2. The molecule has 0 bridgehead atoms. The van der Waals surface area contributed by atoms with Crippen molar-refractivity contribution in [2.24, 2.45) is 0 Å². The Kier molecular flexibility index (Phi) is 9.43. The Hall–Kier alpha value is -2.79. The normalized spacial score (nSPS) is 11.9. The Morgan fingerprint density at radius 3 is 2.51 bits per heavy atom. The van der Waals surface area contributed by atoms with E-state index in [0.29, 0.717) is 42.6 Å². The van der Waals surface area contributed by atoms with Crippen LogP contribution in [-0.2, 0) is 6.61 Å². The highest BCUT2D eigenvalue weighted by Crippen LogP contribution is 2.43. The lowest BCUT2D eigenvalue weighted by Crippen LogP contribution is -2.12. The van der Waals surface area contributed by atoms with Crippen LogP contribution in [0.25, 0.3) is 5.69 Å². The van der Waals surface area contributed by atoms with Crippen LogP contribution >= 0.6 is 50.9 Å². The molecule has 0 amide bonds. The molecular weight excluding hydrogens is 627 g/mol. The van der Waals surface area contributed by atoms with Crippen molar-refractivity contribution < 1.29 is 14.4 Å². The number of hydrogen-bond acceptors (Lipinski definition) is 7. The molecule has 1 atom stereocenters. The third-order valence-corrected chi connectivity index (χ3v) is 8.47. The molecule has 204 valence electrons. The molecule has 12 heteroatoms. The van der Waals surface area contributed by atoms with Gasteiger partial charge in [-0.25, -0.2) is 0 Å². The fourth-order valence-electron chi connectivity index (χ4n) is 3.91. The van der Waals surface area contributed by atoms with Gasteiger partial charge in [0.15, 0.2) is 16.7 Å². The van der Waals surface area contributed by atoms with Crippen molar-refractivity contribution in [3.63, 3.8) is 0 Å². The number of ether oxygens (including phenoxy) is 2. The summed E-state index contributed by atoms with van der Waals surface area (Å²) in [5, 5.41) is 21.3. The monoisotopic (exact) mass is 650 g/mol. The maximum absolute atomic E-state index is 11.7. The summed E-state index contributed by atoms with van der Waals surface area (Å²) in [7, 11) is 1.52. The number of rotatable bonds is 10. The SMILES string of the molecule is COc1cc([C@@H](C[N+](=O)[O-])Sc2nnc(C)n2-c2ccc(C)c(C)c2)cc(Br)c1OCc1ccc(Cl)cc1Cl. The zero-order valence-electron chi connectivity index (χ0n) is 21.6. The highest BCUT2D eigenvalue weighted by atomic mass is 79.9. The molecule has 4 aromatic rings. The molecule has 0 aliphatic rings. The van der Waals surface area contributed by atoms with Gasteiger partial charge in [-0.1, -0.05) is 47.1 Å². The average molecular weight is 652 g/mol. The number of benzene rings is 3. The molecule has 0 unspecified atom stereocenters. The first-order chi connectivity index (χ1) is 18.6. The molecule has 0 aliphatic carbocycles. The summed E-state index contributed by atoms with van der Waals surface area (Å²) in [6, 6.07) is 14.8. The van der Waals surface area contributed by atoms with E-state index in [-0.39, 0.29) is 18.1 Å². The summed E-state index contributed by atoms with van der Waals surface area (Å²) in [6.07, 6.45) is 0. The van der Waals surface area contributed by atoms with Crippen LogP contribution < -0.4 is 9.47 Å². The molecule has 8 nitrogen and oxygen atoms in total. The van der Waals surface area contributed by atoms with Gasteiger partial charge in [0.25, 0.3) is 0 Å². The number of halogens is 3. The molecule has 1 aromatic heterocycles. The predicted octanol–water partition coefficient (Wildman–Crippen LogP) is 7.96. The van der Waals surface area contributed by atoms with Gasteiger partial charge in [-0.3, -0.25) is 14.7 Å². The summed E-state index contributed by atoms with van der Waals surface area (Å²) < 4.78 is 14.1. The van der Waals surface area contributed by atoms with Gasteiger partial charge < -0.3 is 9.47 Å². The Balaban J connectivity index is 1.66. The summed E-state index contributed by atoms with van der Waals surface area (Å²) in [6.45, 7) is 5.78. The third-order valence-electron chi connectivity index (χ3n) is 6.12. The second-order valence-corrected chi connectivity index (χ2v) is 11.7. The minimum Gasteiger partial charge on any atom is -0.493 e. The van der Waals surface area contributed by atoms with Gasteiger partial charge in [0, 0.05) is 26.2 Å². The van der Waals surface area contributed by atoms with Gasteiger partial charge in [-0.05, 0) is 89.8 Å². The zero-order chi connectivity index (χ0) is 28.3. The van der Waals surface area contributed by atoms with Crippen LogP contribution in [0.4, 0.5) is 0 Å². The summed E-state index contributed by atoms with van der Waals surface area (Å²) >= 11 is 17.1. The quantitative estimate of drug-likeness (QED) is 0.0976. The van der Waals surface area contributed by atoms with E-state index in [2.05, 4.69) is 32.2 Å². The number of aryl methyl sites for hydroxylation is 3. The van der Waals surface area contributed by atoms with E-state index < -0.39 is 5.25 Å². The molecule has 0 aliphatic heterocycles. The molecule has 0 fully saturated rings. The number of nitro groups is 1. The topological polar surface area (TPSA) is 92.3 Å². The van der Waals surface area contributed by atoms with Crippen molar-refractivity contribution in [1.29, 1.82) is 0 Å². The number of thioether (sulfide) groups is 1. The minimum atomic E-state index is -0.584. The van der Waals surface area contributed by atoms with Gasteiger partial charge in [0.05, 0.1) is 11.6 Å². The van der Waals surface area contributed by atoms with Crippen molar-refractivity contribution in [2.45, 2.75) is 37.8 Å². The Morgan fingerprint density at radius 2 is 1.85 bits per heavy atom. The maximum Gasteiger partial charge on any atom is 0.220 e. The van der Waals surface area contributed by atoms with Crippen molar-refractivity contribution in [1.82, 2.24) is 14.8 Å². The lowest BCUT2D eigenvalue weighted by atomic mass is 10.1. The van der Waals surface area contributed by atoms with Crippen molar-refractivity contribution >= 4 is 50.9 Å². The highest BCUT2D eigenvalue weighted by molar-refractivity contribution is 9.10. The fraction of sp³-hybridized carbons (Fsp3) is 0.259. The van der Waals surface area contributed by atoms with Crippen LogP contribution in [0.2, 0.25) is 10.0 Å². The molecular formula is C27H25BrCl2N4O4S. The number of nitrogens with zero attached hydrogens (tertiary/aromatic N) is 4. The summed E-state index contributed by atoms with van der Waals surface area (Å²) in [4.78, 5) is 11.4. The molecule has 0 saturated heterocycles. The van der Waals surface area contributed by atoms with Crippen molar-refractivity contribution in [2.75, 3.05) is 13.7 Å². The number of methoxy groups -OCH3 is 1. The maximum atomic E-state index is 11.7. The fourth-order valence-corrected chi connectivity index (χ4v) is 6.10. The molecule has 0 radical (unpaired) electrons. The molecule has 0 N–H and O–H groups in total. The second-order valence-electron chi connectivity index (χ2n) is 8.81. The van der Waals surface area contributed by atoms with Gasteiger partial charge in [0.2, 0.25) is 6.54 Å². The van der Waals surface area contributed by atoms with Crippen molar-refractivity contribution in [3.8, 4) is 17.2 Å². The third kappa shape index (κ3) is 6.87. The van der Waals surface area contributed by atoms with Gasteiger partial charge in [-0.15, -0.1) is 10.2 Å². The van der Waals surface area contributed by atoms with Crippen LogP contribution in [0.3, 0.4) is 0 Å². The average Bonchev–Trinajstić information content (AvgIpc) is 3.24. The van der Waals surface area contributed by atoms with E-state index >= 15 is 0 Å². The van der Waals surface area contributed by atoms with E-state index in [0.717, 1.165) is 16.8 Å². The largest absolute Gasteiger partial charge is 0.493 e. The standard InChI is InChI=1S/C27H25BrCl2N4O4S/c1-15-5-8-21(9-16(15)2)34-17(3)31-32-27(34)39-25(13-33(35)36)19-10-22(28)26(24(11-19)37-4)38-14-18-6-7-20(29)12-23(18)30/h5-12,25H,13-14H2,1-4H3/t25-/m1/s1. The molecule has 4 rings (SSSR count). The van der Waals surface area contributed by atoms with E-state index in [1.807, 2.05) is 37.5 Å². The van der Waals surface area contributed by atoms with Crippen LogP contribution in [0, 0.1) is 30.9 Å². The lowest BCUT2D eigenvalue weighted by molar-refractivity contribution is -0.479. The molecule has 1 heterocycles. The van der Waals surface area contributed by atoms with Gasteiger partial charge >= 0.3 is 0 Å². The Morgan fingerprint density at radius 1 is 1.08 bits per heavy atom. The summed E-state index contributed by atoms with van der Waals surface area (Å²) in [5.74, 6) is 1.56. The van der Waals surface area contributed by atoms with Crippen molar-refractivity contribution in [3.05, 3.63) is 101 Å². The van der Waals surface area contributed by atoms with Crippen LogP contribution in [0.5, 0.6) is 11.5 Å². The molecule has 0 saturated carbocycles. The van der Waals surface area contributed by atoms with E-state index in [1.54, 1.807) is 30.3 Å². The smallest absolute Gasteiger partial charge is 0.220 e. The van der Waals surface area contributed by atoms with E-state index in [4.69, 9.17) is 32.7 Å². The second kappa shape index (κ2) is 12.6. The predicted molar refractivity (Wildman–Crippen MR) is 158 cm³/mol. The molecule has 39 heavy (non-hydrogen) atoms. The van der Waals surface area contributed by atoms with Gasteiger partial charge in [0.1, 0.15) is 17.7 Å². The zero-order valence-corrected chi connectivity index (χ0v) is 25.5. The van der Waals surface area contributed by atoms with Crippen LogP contribution in [-0.4, -0.2) is 33.3 Å². The Bertz CT molecular complexity index is 1530. The first kappa shape index (κ1) is 29.2. The van der Waals surface area contributed by atoms with Crippen LogP contribution in [0.15, 0.2) is 58.2 Å². The number of hydrogen-bond donors (Lipinski definition) is 0. The van der Waals surface area contributed by atoms with Gasteiger partial charge in [-0.2, -0.15) is 0 Å². The van der Waals surface area contributed by atoms with E-state index in [1.165, 1.54) is 24.4 Å². The highest BCUT2D eigenvalue weighted by Gasteiger charge is 2.26. The van der Waals surface area contributed by atoms with E-state index in [9.17, 15) is 10.1 Å². The minimum absolute atomic E-state index is 0.176.